The van der Waals surface area contributed by atoms with Gasteiger partial charge in [-0.1, -0.05) is 78.6 Å². The lowest BCUT2D eigenvalue weighted by Crippen LogP contribution is -2.33. The summed E-state index contributed by atoms with van der Waals surface area (Å²) in [6.07, 6.45) is 14.7. The third-order valence-electron chi connectivity index (χ3n) is 6.00. The number of carbonyl (C=O) groups is 2. The van der Waals surface area contributed by atoms with Crippen molar-refractivity contribution in [3.63, 3.8) is 0 Å². The van der Waals surface area contributed by atoms with E-state index in [1.54, 1.807) is 0 Å². The molecule has 0 aliphatic carbocycles. The first-order valence-electron chi connectivity index (χ1n) is 13.1. The van der Waals surface area contributed by atoms with Gasteiger partial charge in [-0.3, -0.25) is 9.59 Å². The lowest BCUT2D eigenvalue weighted by molar-refractivity contribution is -0.165. The number of carbonyl (C=O) groups excluding carboxylic acids is 2. The highest BCUT2D eigenvalue weighted by atomic mass is 16.6. The second kappa shape index (κ2) is 17.4. The first-order chi connectivity index (χ1) is 14.7. The fourth-order valence-electron chi connectivity index (χ4n) is 2.65. The molecule has 0 unspecified atom stereocenters. The summed E-state index contributed by atoms with van der Waals surface area (Å²) in [4.78, 5) is 23.2. The van der Waals surface area contributed by atoms with Gasteiger partial charge in [-0.2, -0.15) is 0 Å². The van der Waals surface area contributed by atoms with Gasteiger partial charge in [0, 0.05) is 0 Å². The average molecular weight is 457 g/mol. The standard InChI is InChI=1S/C18H36O2.C10H20O2/c1-5-7-8-9-10-11-12-13-14-15-16-20-17(19)18(3,4)6-2;1-7-10(5,6)8(11)12-9(2,3)4/h5-16H2,1-4H3;7H2,1-6H3. The lowest BCUT2D eigenvalue weighted by atomic mass is 9.90. The minimum absolute atomic E-state index is 0.0454. The van der Waals surface area contributed by atoms with E-state index < -0.39 is 0 Å². The van der Waals surface area contributed by atoms with Crippen LogP contribution in [0.3, 0.4) is 0 Å². The van der Waals surface area contributed by atoms with Gasteiger partial charge in [-0.25, -0.2) is 0 Å². The predicted octanol–water partition coefficient (Wildman–Crippen LogP) is 8.65. The largest absolute Gasteiger partial charge is 0.465 e. The van der Waals surface area contributed by atoms with E-state index in [1.807, 2.05) is 62.3 Å². The highest BCUT2D eigenvalue weighted by Crippen LogP contribution is 2.24. The quantitative estimate of drug-likeness (QED) is 0.183. The Hall–Kier alpha value is -1.06. The maximum Gasteiger partial charge on any atom is 0.312 e. The third kappa shape index (κ3) is 18.5. The summed E-state index contributed by atoms with van der Waals surface area (Å²) in [5.74, 6) is -0.159. The molecule has 0 radical (unpaired) electrons. The second-order valence-corrected chi connectivity index (χ2v) is 11.3. The summed E-state index contributed by atoms with van der Waals surface area (Å²) in [5.41, 5.74) is -1.05. The summed E-state index contributed by atoms with van der Waals surface area (Å²) >= 11 is 0. The summed E-state index contributed by atoms with van der Waals surface area (Å²) < 4.78 is 10.6. The first kappa shape index (κ1) is 33.1. The molecule has 0 bridgehead atoms. The Morgan fingerprint density at radius 2 is 0.938 bits per heavy atom. The van der Waals surface area contributed by atoms with E-state index in [-0.39, 0.29) is 28.4 Å². The molecule has 0 aliphatic heterocycles. The molecule has 32 heavy (non-hydrogen) atoms. The number of unbranched alkanes of at least 4 members (excludes halogenated alkanes) is 9. The van der Waals surface area contributed by atoms with E-state index in [1.165, 1.54) is 57.8 Å². The Bertz CT molecular complexity index is 486. The van der Waals surface area contributed by atoms with Crippen LogP contribution in [0.2, 0.25) is 0 Å². The number of hydrogen-bond donors (Lipinski definition) is 0. The van der Waals surface area contributed by atoms with Gasteiger partial charge in [0.05, 0.1) is 17.4 Å². The van der Waals surface area contributed by atoms with Crippen molar-refractivity contribution < 1.29 is 19.1 Å². The SMILES string of the molecule is CCC(C)(C)C(=O)OC(C)(C)C.CCCCCCCCCCCCOC(=O)C(C)(C)CC. The van der Waals surface area contributed by atoms with Crippen LogP contribution in [0, 0.1) is 10.8 Å². The van der Waals surface area contributed by atoms with Gasteiger partial charge in [-0.15, -0.1) is 0 Å². The summed E-state index contributed by atoms with van der Waals surface area (Å²) in [6, 6.07) is 0. The van der Waals surface area contributed by atoms with Crippen LogP contribution in [0.15, 0.2) is 0 Å². The fourth-order valence-corrected chi connectivity index (χ4v) is 2.65. The van der Waals surface area contributed by atoms with Crippen LogP contribution < -0.4 is 0 Å². The molecule has 0 atom stereocenters. The zero-order valence-corrected chi connectivity index (χ0v) is 23.3. The van der Waals surface area contributed by atoms with E-state index in [2.05, 4.69) is 6.92 Å². The predicted molar refractivity (Wildman–Crippen MR) is 137 cm³/mol. The molecule has 0 rings (SSSR count). The molecule has 0 aromatic carbocycles. The zero-order chi connectivity index (χ0) is 25.3. The Labute approximate surface area is 200 Å². The van der Waals surface area contributed by atoms with E-state index in [0.29, 0.717) is 6.61 Å². The maximum absolute atomic E-state index is 11.7. The molecule has 0 saturated heterocycles. The minimum Gasteiger partial charge on any atom is -0.465 e. The molecular weight excluding hydrogens is 400 g/mol. The molecule has 0 spiro atoms. The van der Waals surface area contributed by atoms with Crippen molar-refractivity contribution in [1.82, 2.24) is 0 Å². The van der Waals surface area contributed by atoms with Crippen molar-refractivity contribution >= 4 is 11.9 Å². The van der Waals surface area contributed by atoms with Crippen LogP contribution in [-0.2, 0) is 19.1 Å². The third-order valence-corrected chi connectivity index (χ3v) is 6.00. The summed E-state index contributed by atoms with van der Waals surface area (Å²) in [6.45, 7) is 20.2. The van der Waals surface area contributed by atoms with Crippen molar-refractivity contribution in [3.05, 3.63) is 0 Å². The van der Waals surface area contributed by atoms with Crippen LogP contribution >= 0.6 is 0 Å². The van der Waals surface area contributed by atoms with Crippen molar-refractivity contribution in [2.75, 3.05) is 6.61 Å². The van der Waals surface area contributed by atoms with Crippen molar-refractivity contribution in [3.8, 4) is 0 Å². The van der Waals surface area contributed by atoms with Crippen molar-refractivity contribution in [2.45, 2.75) is 152 Å². The van der Waals surface area contributed by atoms with E-state index in [0.717, 1.165) is 19.3 Å². The highest BCUT2D eigenvalue weighted by Gasteiger charge is 2.30. The Morgan fingerprint density at radius 1 is 0.562 bits per heavy atom. The van der Waals surface area contributed by atoms with Gasteiger partial charge in [0.15, 0.2) is 0 Å². The number of rotatable bonds is 15. The molecule has 0 fully saturated rings. The van der Waals surface area contributed by atoms with Gasteiger partial charge < -0.3 is 9.47 Å². The summed E-state index contributed by atoms with van der Waals surface area (Å²) in [5, 5.41) is 0. The molecule has 0 amide bonds. The fraction of sp³-hybridized carbons (Fsp3) is 0.929. The van der Waals surface area contributed by atoms with Crippen LogP contribution in [0.25, 0.3) is 0 Å². The van der Waals surface area contributed by atoms with E-state index in [4.69, 9.17) is 9.47 Å². The van der Waals surface area contributed by atoms with Crippen LogP contribution in [0.4, 0.5) is 0 Å². The molecule has 192 valence electrons. The molecule has 0 N–H and O–H groups in total. The van der Waals surface area contributed by atoms with Crippen LogP contribution in [0.5, 0.6) is 0 Å². The van der Waals surface area contributed by atoms with Gasteiger partial charge in [-0.05, 0) is 67.7 Å². The average Bonchev–Trinajstić information content (AvgIpc) is 2.71. The van der Waals surface area contributed by atoms with Gasteiger partial charge in [0.2, 0.25) is 0 Å². The van der Waals surface area contributed by atoms with Crippen molar-refractivity contribution in [1.29, 1.82) is 0 Å². The molecule has 0 aromatic rings. The molecule has 4 nitrogen and oxygen atoms in total. The molecule has 0 saturated carbocycles. The first-order valence-corrected chi connectivity index (χ1v) is 13.1. The van der Waals surface area contributed by atoms with Gasteiger partial charge in [0.25, 0.3) is 0 Å². The van der Waals surface area contributed by atoms with Crippen LogP contribution in [-0.4, -0.2) is 24.1 Å². The minimum atomic E-state index is -0.372. The monoisotopic (exact) mass is 456 g/mol. The number of hydrogen-bond acceptors (Lipinski definition) is 4. The Morgan fingerprint density at radius 3 is 1.31 bits per heavy atom. The molecular formula is C28H56O4. The number of ether oxygens (including phenoxy) is 2. The molecule has 0 heterocycles. The number of esters is 2. The van der Waals surface area contributed by atoms with E-state index >= 15 is 0 Å². The van der Waals surface area contributed by atoms with Crippen LogP contribution in [0.1, 0.15) is 146 Å². The maximum atomic E-state index is 11.7. The normalized spacial score (nSPS) is 12.1. The molecule has 0 aliphatic rings. The topological polar surface area (TPSA) is 52.6 Å². The summed E-state index contributed by atoms with van der Waals surface area (Å²) in [7, 11) is 0. The zero-order valence-electron chi connectivity index (χ0n) is 23.3. The highest BCUT2D eigenvalue weighted by molar-refractivity contribution is 5.76. The van der Waals surface area contributed by atoms with E-state index in [9.17, 15) is 9.59 Å². The second-order valence-electron chi connectivity index (χ2n) is 11.3. The lowest BCUT2D eigenvalue weighted by Gasteiger charge is -2.27. The molecule has 4 heteroatoms. The Balaban J connectivity index is 0. The Kier molecular flexibility index (Phi) is 18.0. The van der Waals surface area contributed by atoms with Gasteiger partial charge in [0.1, 0.15) is 5.60 Å². The van der Waals surface area contributed by atoms with Crippen molar-refractivity contribution in [2.24, 2.45) is 10.8 Å². The van der Waals surface area contributed by atoms with Gasteiger partial charge >= 0.3 is 11.9 Å². The smallest absolute Gasteiger partial charge is 0.312 e. The molecule has 0 aromatic heterocycles.